The molecule has 11 heavy (non-hydrogen) atoms. The average Bonchev–Trinajstić information content (AvgIpc) is 1.94. The Bertz CT molecular complexity index is 114. The molecule has 1 unspecified atom stereocenters. The lowest BCUT2D eigenvalue weighted by Crippen LogP contribution is -2.47. The number of ether oxygens (including phenoxy) is 1. The summed E-state index contributed by atoms with van der Waals surface area (Å²) in [5.41, 5.74) is 0. The summed E-state index contributed by atoms with van der Waals surface area (Å²) >= 11 is 0. The number of hydrogen-bond donors (Lipinski definition) is 0. The summed E-state index contributed by atoms with van der Waals surface area (Å²) < 4.78 is 5.53. The molecule has 2 heteroatoms. The van der Waals surface area contributed by atoms with Gasteiger partial charge in [-0.3, -0.25) is 0 Å². The van der Waals surface area contributed by atoms with Crippen LogP contribution in [0.25, 0.3) is 0 Å². The quantitative estimate of drug-likeness (QED) is 0.611. The van der Waals surface area contributed by atoms with Crippen LogP contribution in [0.3, 0.4) is 0 Å². The highest BCUT2D eigenvalue weighted by atomic mass is 16.5. The van der Waals surface area contributed by atoms with Crippen LogP contribution in [-0.4, -0.2) is 37.7 Å². The molecule has 0 radical (unpaired) electrons. The van der Waals surface area contributed by atoms with Crippen molar-refractivity contribution >= 4 is 0 Å². The molecule has 1 aliphatic rings. The Kier molecular flexibility index (Phi) is 3.34. The van der Waals surface area contributed by atoms with Crippen LogP contribution in [0.4, 0.5) is 0 Å². The second kappa shape index (κ2) is 4.07. The smallest absolute Gasteiger partial charge is 0.0622 e. The van der Waals surface area contributed by atoms with Crippen molar-refractivity contribution in [1.82, 2.24) is 4.90 Å². The van der Waals surface area contributed by atoms with Crippen molar-refractivity contribution in [3.8, 4) is 0 Å². The van der Waals surface area contributed by atoms with Crippen LogP contribution in [0.15, 0.2) is 0 Å². The highest BCUT2D eigenvalue weighted by Crippen LogP contribution is 2.14. The minimum absolute atomic E-state index is 0.667. The Hall–Kier alpha value is -0.0800. The van der Waals surface area contributed by atoms with Crippen LogP contribution >= 0.6 is 0 Å². The maximum absolute atomic E-state index is 5.53. The summed E-state index contributed by atoms with van der Waals surface area (Å²) in [6.07, 6.45) is 1.31. The van der Waals surface area contributed by atoms with E-state index in [-0.39, 0.29) is 0 Å². The molecule has 2 nitrogen and oxygen atoms in total. The maximum Gasteiger partial charge on any atom is 0.0622 e. The zero-order chi connectivity index (χ0) is 8.27. The van der Waals surface area contributed by atoms with Gasteiger partial charge >= 0.3 is 0 Å². The van der Waals surface area contributed by atoms with Crippen molar-refractivity contribution in [3.63, 3.8) is 0 Å². The van der Waals surface area contributed by atoms with Crippen molar-refractivity contribution in [3.05, 3.63) is 0 Å². The van der Waals surface area contributed by atoms with E-state index in [0.717, 1.165) is 13.2 Å². The summed E-state index contributed by atoms with van der Waals surface area (Å²) in [7, 11) is 2.16. The number of likely N-dealkylation sites (N-methyl/N-ethyl adjacent to an activating group) is 1. The topological polar surface area (TPSA) is 12.5 Å². The van der Waals surface area contributed by atoms with E-state index in [4.69, 9.17) is 4.74 Å². The second-order valence-electron chi connectivity index (χ2n) is 3.85. The monoisotopic (exact) mass is 157 g/mol. The molecule has 0 aromatic rings. The van der Waals surface area contributed by atoms with Crippen LogP contribution in [-0.2, 0) is 4.74 Å². The molecule has 1 fully saturated rings. The standard InChI is InChI=1S/C9H19NO/c1-8(2)6-11-7-9-4-5-10(9)3/h8-9H,4-7H2,1-3H3. The lowest BCUT2D eigenvalue weighted by atomic mass is 10.1. The van der Waals surface area contributed by atoms with Gasteiger partial charge in [-0.2, -0.15) is 0 Å². The van der Waals surface area contributed by atoms with Gasteiger partial charge in [-0.05, 0) is 25.9 Å². The van der Waals surface area contributed by atoms with E-state index in [1.807, 2.05) is 0 Å². The van der Waals surface area contributed by atoms with E-state index in [1.54, 1.807) is 0 Å². The van der Waals surface area contributed by atoms with Gasteiger partial charge in [0.2, 0.25) is 0 Å². The molecular formula is C9H19NO. The fraction of sp³-hybridized carbons (Fsp3) is 1.00. The molecular weight excluding hydrogens is 138 g/mol. The van der Waals surface area contributed by atoms with Crippen molar-refractivity contribution in [2.75, 3.05) is 26.8 Å². The number of nitrogens with zero attached hydrogens (tertiary/aromatic N) is 1. The van der Waals surface area contributed by atoms with E-state index in [1.165, 1.54) is 13.0 Å². The molecule has 0 aromatic carbocycles. The predicted molar refractivity (Wildman–Crippen MR) is 46.7 cm³/mol. The Balaban J connectivity index is 1.95. The summed E-state index contributed by atoms with van der Waals surface area (Å²) in [6, 6.07) is 0.703. The van der Waals surface area contributed by atoms with E-state index in [2.05, 4.69) is 25.8 Å². The zero-order valence-electron chi connectivity index (χ0n) is 7.84. The van der Waals surface area contributed by atoms with Crippen molar-refractivity contribution in [2.24, 2.45) is 5.92 Å². The SMILES string of the molecule is CC(C)COCC1CCN1C. The van der Waals surface area contributed by atoms with Crippen molar-refractivity contribution in [1.29, 1.82) is 0 Å². The third kappa shape index (κ3) is 2.80. The zero-order valence-corrected chi connectivity index (χ0v) is 7.84. The van der Waals surface area contributed by atoms with Crippen LogP contribution in [0.5, 0.6) is 0 Å². The second-order valence-corrected chi connectivity index (χ2v) is 3.85. The number of rotatable bonds is 4. The van der Waals surface area contributed by atoms with Gasteiger partial charge < -0.3 is 9.64 Å². The Labute approximate surface area is 69.5 Å². The first-order valence-corrected chi connectivity index (χ1v) is 4.48. The first kappa shape index (κ1) is 9.01. The minimum atomic E-state index is 0.667. The van der Waals surface area contributed by atoms with Crippen molar-refractivity contribution in [2.45, 2.75) is 26.3 Å². The molecule has 0 spiro atoms. The summed E-state index contributed by atoms with van der Waals surface area (Å²) in [5, 5.41) is 0. The summed E-state index contributed by atoms with van der Waals surface area (Å²) in [6.45, 7) is 7.45. The fourth-order valence-corrected chi connectivity index (χ4v) is 1.22. The Morgan fingerprint density at radius 1 is 1.55 bits per heavy atom. The average molecular weight is 157 g/mol. The third-order valence-corrected chi connectivity index (χ3v) is 2.20. The van der Waals surface area contributed by atoms with Gasteiger partial charge in [0.15, 0.2) is 0 Å². The van der Waals surface area contributed by atoms with Gasteiger partial charge in [0.25, 0.3) is 0 Å². The molecule has 1 rings (SSSR count). The van der Waals surface area contributed by atoms with Crippen LogP contribution < -0.4 is 0 Å². The minimum Gasteiger partial charge on any atom is -0.380 e. The van der Waals surface area contributed by atoms with Gasteiger partial charge in [-0.1, -0.05) is 13.8 Å². The lowest BCUT2D eigenvalue weighted by molar-refractivity contribution is 0.0125. The maximum atomic E-state index is 5.53. The normalized spacial score (nSPS) is 25.6. The van der Waals surface area contributed by atoms with E-state index in [0.29, 0.717) is 12.0 Å². The van der Waals surface area contributed by atoms with Gasteiger partial charge in [-0.15, -0.1) is 0 Å². The lowest BCUT2D eigenvalue weighted by Gasteiger charge is -2.37. The highest BCUT2D eigenvalue weighted by molar-refractivity contribution is 4.78. The fourth-order valence-electron chi connectivity index (χ4n) is 1.22. The third-order valence-electron chi connectivity index (χ3n) is 2.20. The molecule has 0 aliphatic carbocycles. The van der Waals surface area contributed by atoms with Gasteiger partial charge in [0.1, 0.15) is 0 Å². The summed E-state index contributed by atoms with van der Waals surface area (Å²) in [4.78, 5) is 2.35. The molecule has 0 saturated carbocycles. The molecule has 1 aliphatic heterocycles. The van der Waals surface area contributed by atoms with Gasteiger partial charge in [0.05, 0.1) is 6.61 Å². The van der Waals surface area contributed by atoms with Crippen LogP contribution in [0.2, 0.25) is 0 Å². The molecule has 0 amide bonds. The van der Waals surface area contributed by atoms with E-state index >= 15 is 0 Å². The highest BCUT2D eigenvalue weighted by Gasteiger charge is 2.23. The molecule has 0 aromatic heterocycles. The molecule has 0 bridgehead atoms. The van der Waals surface area contributed by atoms with E-state index in [9.17, 15) is 0 Å². The first-order valence-electron chi connectivity index (χ1n) is 4.48. The molecule has 1 atom stereocenters. The number of hydrogen-bond acceptors (Lipinski definition) is 2. The van der Waals surface area contributed by atoms with Crippen molar-refractivity contribution < 1.29 is 4.74 Å². The Morgan fingerprint density at radius 3 is 2.64 bits per heavy atom. The van der Waals surface area contributed by atoms with Crippen LogP contribution in [0, 0.1) is 5.92 Å². The largest absolute Gasteiger partial charge is 0.380 e. The van der Waals surface area contributed by atoms with Gasteiger partial charge in [-0.25, -0.2) is 0 Å². The predicted octanol–water partition coefficient (Wildman–Crippen LogP) is 1.36. The number of likely N-dealkylation sites (tertiary alicyclic amines) is 1. The molecule has 66 valence electrons. The first-order chi connectivity index (χ1) is 5.20. The van der Waals surface area contributed by atoms with Gasteiger partial charge in [0, 0.05) is 12.6 Å². The summed E-state index contributed by atoms with van der Waals surface area (Å²) in [5.74, 6) is 0.667. The molecule has 1 saturated heterocycles. The Morgan fingerprint density at radius 2 is 2.27 bits per heavy atom. The molecule has 1 heterocycles. The molecule has 0 N–H and O–H groups in total. The van der Waals surface area contributed by atoms with E-state index < -0.39 is 0 Å². The van der Waals surface area contributed by atoms with Crippen LogP contribution in [0.1, 0.15) is 20.3 Å².